The van der Waals surface area contributed by atoms with E-state index in [9.17, 15) is 14.7 Å². The van der Waals surface area contributed by atoms with Crippen LogP contribution in [0.3, 0.4) is 0 Å². The largest absolute Gasteiger partial charge is 0.497 e. The molecule has 3 aromatic carbocycles. The summed E-state index contributed by atoms with van der Waals surface area (Å²) in [4.78, 5) is 30.4. The van der Waals surface area contributed by atoms with Crippen LogP contribution >= 0.6 is 0 Å². The van der Waals surface area contributed by atoms with Gasteiger partial charge < -0.3 is 30.1 Å². The van der Waals surface area contributed by atoms with Crippen molar-refractivity contribution in [2.24, 2.45) is 5.92 Å². The third kappa shape index (κ3) is 7.11. The molecule has 3 amide bonds. The van der Waals surface area contributed by atoms with Crippen LogP contribution in [0, 0.1) is 5.92 Å². The molecule has 9 heteroatoms. The van der Waals surface area contributed by atoms with E-state index in [1.165, 1.54) is 0 Å². The van der Waals surface area contributed by atoms with Gasteiger partial charge >= 0.3 is 6.03 Å². The maximum atomic E-state index is 13.7. The van der Waals surface area contributed by atoms with E-state index in [2.05, 4.69) is 15.5 Å². The van der Waals surface area contributed by atoms with Crippen molar-refractivity contribution in [3.63, 3.8) is 0 Å². The first-order chi connectivity index (χ1) is 19.3. The number of benzene rings is 3. The number of hydrogen-bond donors (Lipinski definition) is 3. The number of fused-ring (bicyclic) bond motifs is 1. The Hall–Kier alpha value is -4.08. The SMILES string of the molecule is COc1ccc(CN(C)C[C@H]2Oc3c(NC(=O)Nc4ccccc4)cccc3C(=O)N([C@H](C)CO)C[C@@H]2C)cc1. The molecular formula is C31H38N4O5. The lowest BCUT2D eigenvalue weighted by molar-refractivity contribution is 0.0343. The van der Waals surface area contributed by atoms with Crippen molar-refractivity contribution in [2.45, 2.75) is 32.5 Å². The molecule has 0 saturated heterocycles. The number of ether oxygens (including phenoxy) is 2. The minimum Gasteiger partial charge on any atom is -0.497 e. The second kappa shape index (κ2) is 13.3. The average Bonchev–Trinajstić information content (AvgIpc) is 2.95. The van der Waals surface area contributed by atoms with Gasteiger partial charge in [0.05, 0.1) is 31.0 Å². The number of aliphatic hydroxyl groups excluding tert-OH is 1. The third-order valence-electron chi connectivity index (χ3n) is 7.07. The van der Waals surface area contributed by atoms with Crippen LogP contribution in [0.1, 0.15) is 29.8 Å². The fourth-order valence-electron chi connectivity index (χ4n) is 4.78. The normalized spacial score (nSPS) is 17.8. The van der Waals surface area contributed by atoms with Gasteiger partial charge in [-0.05, 0) is 55.9 Å². The summed E-state index contributed by atoms with van der Waals surface area (Å²) in [5.74, 6) is 0.815. The Morgan fingerprint density at radius 1 is 1.10 bits per heavy atom. The minimum absolute atomic E-state index is 0.0596. The van der Waals surface area contributed by atoms with Crippen molar-refractivity contribution in [3.8, 4) is 11.5 Å². The van der Waals surface area contributed by atoms with Crippen LogP contribution in [0.25, 0.3) is 0 Å². The molecule has 0 spiro atoms. The van der Waals surface area contributed by atoms with Gasteiger partial charge in [0, 0.05) is 31.2 Å². The first kappa shape index (κ1) is 28.9. The molecule has 212 valence electrons. The molecule has 0 unspecified atom stereocenters. The summed E-state index contributed by atoms with van der Waals surface area (Å²) in [7, 11) is 3.67. The summed E-state index contributed by atoms with van der Waals surface area (Å²) in [5.41, 5.74) is 2.51. The lowest BCUT2D eigenvalue weighted by atomic mass is 9.99. The van der Waals surface area contributed by atoms with Gasteiger partial charge in [-0.15, -0.1) is 0 Å². The van der Waals surface area contributed by atoms with Gasteiger partial charge in [-0.1, -0.05) is 43.3 Å². The van der Waals surface area contributed by atoms with Crippen molar-refractivity contribution < 1.29 is 24.2 Å². The van der Waals surface area contributed by atoms with Gasteiger partial charge in [0.2, 0.25) is 0 Å². The molecule has 40 heavy (non-hydrogen) atoms. The van der Waals surface area contributed by atoms with Crippen LogP contribution in [-0.2, 0) is 6.54 Å². The van der Waals surface area contributed by atoms with Gasteiger partial charge in [-0.25, -0.2) is 4.79 Å². The number of carbonyl (C=O) groups excluding carboxylic acids is 2. The Labute approximate surface area is 235 Å². The maximum absolute atomic E-state index is 13.7. The zero-order valence-corrected chi connectivity index (χ0v) is 23.5. The molecular weight excluding hydrogens is 508 g/mol. The number of urea groups is 1. The fraction of sp³-hybridized carbons (Fsp3) is 0.355. The number of likely N-dealkylation sites (N-methyl/N-ethyl adjacent to an activating group) is 1. The number of aliphatic hydroxyl groups is 1. The molecule has 9 nitrogen and oxygen atoms in total. The number of nitrogens with one attached hydrogen (secondary N) is 2. The lowest BCUT2D eigenvalue weighted by Crippen LogP contribution is -2.49. The molecule has 4 rings (SSSR count). The number of para-hydroxylation sites is 2. The Morgan fingerprint density at radius 2 is 1.82 bits per heavy atom. The van der Waals surface area contributed by atoms with E-state index in [4.69, 9.17) is 9.47 Å². The Bertz CT molecular complexity index is 1280. The van der Waals surface area contributed by atoms with E-state index in [1.54, 1.807) is 42.3 Å². The molecule has 1 heterocycles. The molecule has 0 aromatic heterocycles. The van der Waals surface area contributed by atoms with Crippen LogP contribution in [0.5, 0.6) is 11.5 Å². The molecule has 0 saturated carbocycles. The van der Waals surface area contributed by atoms with Gasteiger partial charge in [0.1, 0.15) is 11.9 Å². The highest BCUT2D eigenvalue weighted by Gasteiger charge is 2.34. The highest BCUT2D eigenvalue weighted by molar-refractivity contribution is 6.04. The van der Waals surface area contributed by atoms with Crippen molar-refractivity contribution in [1.82, 2.24) is 9.80 Å². The van der Waals surface area contributed by atoms with E-state index in [-0.39, 0.29) is 30.6 Å². The number of anilines is 2. The average molecular weight is 547 g/mol. The predicted octanol–water partition coefficient (Wildman–Crippen LogP) is 4.69. The number of carbonyl (C=O) groups is 2. The van der Waals surface area contributed by atoms with Crippen molar-refractivity contribution in [3.05, 3.63) is 83.9 Å². The minimum atomic E-state index is -0.445. The number of hydrogen-bond acceptors (Lipinski definition) is 6. The zero-order chi connectivity index (χ0) is 28.6. The molecule has 3 aromatic rings. The first-order valence-corrected chi connectivity index (χ1v) is 13.4. The van der Waals surface area contributed by atoms with Crippen LogP contribution in [0.4, 0.5) is 16.2 Å². The highest BCUT2D eigenvalue weighted by atomic mass is 16.5. The molecule has 0 aliphatic carbocycles. The second-order valence-corrected chi connectivity index (χ2v) is 10.3. The van der Waals surface area contributed by atoms with Gasteiger partial charge in [0.15, 0.2) is 5.75 Å². The summed E-state index contributed by atoms with van der Waals surface area (Å²) in [6, 6.07) is 21.4. The van der Waals surface area contributed by atoms with E-state index in [0.29, 0.717) is 42.3 Å². The monoisotopic (exact) mass is 546 g/mol. The summed E-state index contributed by atoms with van der Waals surface area (Å²) >= 11 is 0. The number of methoxy groups -OCH3 is 1. The molecule has 1 aliphatic heterocycles. The fourth-order valence-corrected chi connectivity index (χ4v) is 4.78. The Balaban J connectivity index is 1.61. The lowest BCUT2D eigenvalue weighted by Gasteiger charge is -2.38. The van der Waals surface area contributed by atoms with Crippen molar-refractivity contribution in [1.29, 1.82) is 0 Å². The van der Waals surface area contributed by atoms with E-state index in [1.807, 2.05) is 63.4 Å². The van der Waals surface area contributed by atoms with Crippen LogP contribution < -0.4 is 20.1 Å². The smallest absolute Gasteiger partial charge is 0.323 e. The second-order valence-electron chi connectivity index (χ2n) is 10.3. The van der Waals surface area contributed by atoms with Gasteiger partial charge in [-0.3, -0.25) is 9.69 Å². The molecule has 0 radical (unpaired) electrons. The first-order valence-electron chi connectivity index (χ1n) is 13.4. The Kier molecular flexibility index (Phi) is 9.63. The van der Waals surface area contributed by atoms with Gasteiger partial charge in [0.25, 0.3) is 5.91 Å². The molecule has 3 N–H and O–H groups in total. The van der Waals surface area contributed by atoms with E-state index < -0.39 is 6.03 Å². The van der Waals surface area contributed by atoms with Crippen LogP contribution in [-0.4, -0.2) is 72.8 Å². The summed E-state index contributed by atoms with van der Waals surface area (Å²) in [6.07, 6.45) is -0.302. The molecule has 0 fully saturated rings. The Morgan fingerprint density at radius 3 is 2.50 bits per heavy atom. The molecule has 3 atom stereocenters. The molecule has 1 aliphatic rings. The number of rotatable bonds is 9. The number of amides is 3. The summed E-state index contributed by atoms with van der Waals surface area (Å²) < 4.78 is 11.9. The standard InChI is InChI=1S/C31H38N4O5/c1-21-17-35(22(2)20-36)30(37)26-11-8-12-27(33-31(38)32-24-9-6-5-7-10-24)29(26)40-28(21)19-34(3)18-23-13-15-25(39-4)16-14-23/h5-16,21-22,28,36H,17-20H2,1-4H3,(H2,32,33,38)/t21-,22+,28+/m0/s1. The quantitative estimate of drug-likeness (QED) is 0.360. The topological polar surface area (TPSA) is 103 Å². The number of nitrogens with zero attached hydrogens (tertiary/aromatic N) is 2. The van der Waals surface area contributed by atoms with Crippen molar-refractivity contribution >= 4 is 23.3 Å². The van der Waals surface area contributed by atoms with Crippen molar-refractivity contribution in [2.75, 3.05) is 44.5 Å². The van der Waals surface area contributed by atoms with E-state index in [0.717, 1.165) is 11.3 Å². The maximum Gasteiger partial charge on any atom is 0.323 e. The zero-order valence-electron chi connectivity index (χ0n) is 23.5. The third-order valence-corrected chi connectivity index (χ3v) is 7.07. The highest BCUT2D eigenvalue weighted by Crippen LogP contribution is 2.35. The molecule has 0 bridgehead atoms. The van der Waals surface area contributed by atoms with Crippen LogP contribution in [0.2, 0.25) is 0 Å². The predicted molar refractivity (Wildman–Crippen MR) is 156 cm³/mol. The summed E-state index contributed by atoms with van der Waals surface area (Å²) in [5, 5.41) is 15.6. The summed E-state index contributed by atoms with van der Waals surface area (Å²) in [6.45, 7) is 5.40. The van der Waals surface area contributed by atoms with Gasteiger partial charge in [-0.2, -0.15) is 0 Å². The van der Waals surface area contributed by atoms with E-state index >= 15 is 0 Å². The van der Waals surface area contributed by atoms with Crippen LogP contribution in [0.15, 0.2) is 72.8 Å².